The monoisotopic (exact) mass is 422 g/mol. The molecule has 164 valence electrons. The Balaban J connectivity index is 1.87. The van der Waals surface area contributed by atoms with E-state index in [1.54, 1.807) is 17.0 Å². The molecule has 1 atom stereocenters. The summed E-state index contributed by atoms with van der Waals surface area (Å²) < 4.78 is 0. The van der Waals surface area contributed by atoms with Gasteiger partial charge in [0.2, 0.25) is 0 Å². The highest BCUT2D eigenvalue weighted by atomic mass is 16.3. The average molecular weight is 423 g/mol. The Kier molecular flexibility index (Phi) is 7.47. The molecule has 0 fully saturated rings. The third-order valence-corrected chi connectivity index (χ3v) is 5.85. The van der Waals surface area contributed by atoms with Gasteiger partial charge in [0.25, 0.3) is 5.91 Å². The molecule has 3 rings (SSSR count). The van der Waals surface area contributed by atoms with Gasteiger partial charge in [-0.15, -0.1) is 0 Å². The largest absolute Gasteiger partial charge is 0.508 e. The summed E-state index contributed by atoms with van der Waals surface area (Å²) in [7, 11) is 0. The van der Waals surface area contributed by atoms with E-state index in [0.717, 1.165) is 18.7 Å². The Morgan fingerprint density at radius 1 is 1.00 bits per heavy atom. The van der Waals surface area contributed by atoms with Crippen LogP contribution in [0.5, 0.6) is 5.75 Å². The minimum Gasteiger partial charge on any atom is -0.508 e. The SMILES string of the molecule is CCN(CC)CCN1C(=O)C(O)=C(C(=O)CCc2ccccc2)C1c1ccc(O)cc1. The molecule has 0 saturated carbocycles. The lowest BCUT2D eigenvalue weighted by atomic mass is 9.93. The Labute approximate surface area is 183 Å². The van der Waals surface area contributed by atoms with Crippen molar-refractivity contribution in [3.8, 4) is 5.75 Å². The lowest BCUT2D eigenvalue weighted by molar-refractivity contribution is -0.129. The number of amides is 1. The number of ketones is 1. The highest BCUT2D eigenvalue weighted by molar-refractivity contribution is 6.09. The fraction of sp³-hybridized carbons (Fsp3) is 0.360. The van der Waals surface area contributed by atoms with Crippen molar-refractivity contribution in [2.24, 2.45) is 0 Å². The fourth-order valence-corrected chi connectivity index (χ4v) is 4.00. The van der Waals surface area contributed by atoms with Gasteiger partial charge in [-0.25, -0.2) is 0 Å². The summed E-state index contributed by atoms with van der Waals surface area (Å²) in [4.78, 5) is 29.9. The number of aliphatic hydroxyl groups is 1. The second-order valence-corrected chi connectivity index (χ2v) is 7.69. The van der Waals surface area contributed by atoms with Gasteiger partial charge >= 0.3 is 0 Å². The number of phenols is 1. The van der Waals surface area contributed by atoms with Crippen LogP contribution in [0.25, 0.3) is 0 Å². The maximum Gasteiger partial charge on any atom is 0.290 e. The quantitative estimate of drug-likeness (QED) is 0.611. The molecule has 1 amide bonds. The smallest absolute Gasteiger partial charge is 0.290 e. The normalized spacial score (nSPS) is 16.4. The maximum absolute atomic E-state index is 13.2. The number of hydrogen-bond acceptors (Lipinski definition) is 5. The molecule has 2 aromatic carbocycles. The fourth-order valence-electron chi connectivity index (χ4n) is 4.00. The second-order valence-electron chi connectivity index (χ2n) is 7.69. The number of aromatic hydroxyl groups is 1. The van der Waals surface area contributed by atoms with Gasteiger partial charge in [-0.05, 0) is 42.8 Å². The maximum atomic E-state index is 13.2. The first-order chi connectivity index (χ1) is 15.0. The van der Waals surface area contributed by atoms with Crippen molar-refractivity contribution in [2.75, 3.05) is 26.2 Å². The molecule has 1 heterocycles. The highest BCUT2D eigenvalue weighted by Gasteiger charge is 2.43. The molecule has 0 spiro atoms. The molecule has 2 N–H and O–H groups in total. The number of rotatable bonds is 10. The van der Waals surface area contributed by atoms with Gasteiger partial charge in [0.05, 0.1) is 11.6 Å². The number of hydrogen-bond donors (Lipinski definition) is 2. The van der Waals surface area contributed by atoms with Crippen molar-refractivity contribution in [1.82, 2.24) is 9.80 Å². The van der Waals surface area contributed by atoms with E-state index in [2.05, 4.69) is 18.7 Å². The number of Topliss-reactive ketones (excluding diaryl/α,β-unsaturated/α-hetero) is 1. The van der Waals surface area contributed by atoms with E-state index in [-0.39, 0.29) is 23.5 Å². The van der Waals surface area contributed by atoms with E-state index in [0.29, 0.717) is 25.1 Å². The molecule has 1 aliphatic heterocycles. The first-order valence-corrected chi connectivity index (χ1v) is 10.8. The molecular formula is C25H30N2O4. The molecule has 1 aliphatic rings. The minimum atomic E-state index is -0.660. The number of aryl methyl sites for hydroxylation is 1. The van der Waals surface area contributed by atoms with Gasteiger partial charge in [-0.2, -0.15) is 0 Å². The van der Waals surface area contributed by atoms with E-state index in [1.165, 1.54) is 12.1 Å². The van der Waals surface area contributed by atoms with Crippen LogP contribution in [0.3, 0.4) is 0 Å². The van der Waals surface area contributed by atoms with Crippen molar-refractivity contribution in [3.63, 3.8) is 0 Å². The van der Waals surface area contributed by atoms with Gasteiger partial charge in [-0.3, -0.25) is 9.59 Å². The second kappa shape index (κ2) is 10.3. The van der Waals surface area contributed by atoms with Gasteiger partial charge in [0.1, 0.15) is 5.75 Å². The van der Waals surface area contributed by atoms with E-state index in [4.69, 9.17) is 0 Å². The third-order valence-electron chi connectivity index (χ3n) is 5.85. The van der Waals surface area contributed by atoms with Crippen LogP contribution in [0.15, 0.2) is 65.9 Å². The Hall–Kier alpha value is -3.12. The van der Waals surface area contributed by atoms with Crippen molar-refractivity contribution in [2.45, 2.75) is 32.7 Å². The molecule has 2 aromatic rings. The molecule has 31 heavy (non-hydrogen) atoms. The minimum absolute atomic E-state index is 0.105. The standard InChI is InChI=1S/C25H30N2O4/c1-3-26(4-2)16-17-27-23(19-11-13-20(28)14-12-19)22(24(30)25(27)31)21(29)15-10-18-8-6-5-7-9-18/h5-9,11-14,23,28,30H,3-4,10,15-17H2,1-2H3. The van der Waals surface area contributed by atoms with Crippen molar-refractivity contribution in [3.05, 3.63) is 77.1 Å². The lowest BCUT2D eigenvalue weighted by Crippen LogP contribution is -2.38. The molecule has 0 radical (unpaired) electrons. The summed E-state index contributed by atoms with van der Waals surface area (Å²) in [5.74, 6) is -1.12. The summed E-state index contributed by atoms with van der Waals surface area (Å²) in [6.45, 7) is 6.86. The molecule has 1 unspecified atom stereocenters. The Morgan fingerprint density at radius 3 is 2.26 bits per heavy atom. The first-order valence-electron chi connectivity index (χ1n) is 10.8. The Morgan fingerprint density at radius 2 is 1.65 bits per heavy atom. The molecule has 0 saturated heterocycles. The molecule has 0 aromatic heterocycles. The molecule has 0 aliphatic carbocycles. The highest BCUT2D eigenvalue weighted by Crippen LogP contribution is 2.38. The van der Waals surface area contributed by atoms with E-state index < -0.39 is 17.7 Å². The zero-order chi connectivity index (χ0) is 22.4. The van der Waals surface area contributed by atoms with E-state index >= 15 is 0 Å². The van der Waals surface area contributed by atoms with Crippen molar-refractivity contribution < 1.29 is 19.8 Å². The number of carbonyl (C=O) groups is 2. The third kappa shape index (κ3) is 5.14. The Bertz CT molecular complexity index is 934. The van der Waals surface area contributed by atoms with Crippen LogP contribution < -0.4 is 0 Å². The van der Waals surface area contributed by atoms with Crippen molar-refractivity contribution >= 4 is 11.7 Å². The van der Waals surface area contributed by atoms with Crippen molar-refractivity contribution in [1.29, 1.82) is 0 Å². The number of carbonyl (C=O) groups excluding carboxylic acids is 2. The van der Waals surface area contributed by atoms with Crippen LogP contribution >= 0.6 is 0 Å². The zero-order valence-electron chi connectivity index (χ0n) is 18.1. The van der Waals surface area contributed by atoms with Gasteiger partial charge < -0.3 is 20.0 Å². The van der Waals surface area contributed by atoms with E-state index in [1.807, 2.05) is 30.3 Å². The first kappa shape index (κ1) is 22.6. The van der Waals surface area contributed by atoms with Crippen LogP contribution in [0, 0.1) is 0 Å². The summed E-state index contributed by atoms with van der Waals surface area (Å²) in [5.41, 5.74) is 1.86. The number of aliphatic hydroxyl groups excluding tert-OH is 1. The number of nitrogens with zero attached hydrogens (tertiary/aromatic N) is 2. The molecule has 0 bridgehead atoms. The van der Waals surface area contributed by atoms with Crippen LogP contribution in [0.4, 0.5) is 0 Å². The molecule has 6 heteroatoms. The lowest BCUT2D eigenvalue weighted by Gasteiger charge is -2.29. The zero-order valence-corrected chi connectivity index (χ0v) is 18.1. The van der Waals surface area contributed by atoms with Gasteiger partial charge in [-0.1, -0.05) is 56.3 Å². The average Bonchev–Trinajstić information content (AvgIpc) is 3.04. The van der Waals surface area contributed by atoms with E-state index in [9.17, 15) is 19.8 Å². The summed E-state index contributed by atoms with van der Waals surface area (Å²) >= 11 is 0. The van der Waals surface area contributed by atoms with Crippen LogP contribution in [0.2, 0.25) is 0 Å². The number of likely N-dealkylation sites (N-methyl/N-ethyl adjacent to an activating group) is 1. The predicted octanol–water partition coefficient (Wildman–Crippen LogP) is 3.63. The summed E-state index contributed by atoms with van der Waals surface area (Å²) in [6, 6.07) is 15.5. The number of phenolic OH excluding ortho intramolecular Hbond substituents is 1. The summed E-state index contributed by atoms with van der Waals surface area (Å²) in [6.07, 6.45) is 0.738. The van der Waals surface area contributed by atoms with Crippen LogP contribution in [0.1, 0.15) is 37.4 Å². The predicted molar refractivity (Wildman–Crippen MR) is 120 cm³/mol. The number of benzene rings is 2. The molecular weight excluding hydrogens is 392 g/mol. The summed E-state index contributed by atoms with van der Waals surface area (Å²) in [5, 5.41) is 20.3. The van der Waals surface area contributed by atoms with Gasteiger partial charge in [0, 0.05) is 19.5 Å². The van der Waals surface area contributed by atoms with Gasteiger partial charge in [0.15, 0.2) is 11.5 Å². The molecule has 6 nitrogen and oxygen atoms in total. The topological polar surface area (TPSA) is 81.1 Å². The van der Waals surface area contributed by atoms with Crippen LogP contribution in [-0.2, 0) is 16.0 Å². The van der Waals surface area contributed by atoms with Crippen LogP contribution in [-0.4, -0.2) is 57.9 Å².